The Bertz CT molecular complexity index is 896. The first-order valence-corrected chi connectivity index (χ1v) is 9.06. The van der Waals surface area contributed by atoms with Gasteiger partial charge in [0.05, 0.1) is 17.7 Å². The van der Waals surface area contributed by atoms with Gasteiger partial charge in [0.15, 0.2) is 0 Å². The minimum atomic E-state index is -0.183. The van der Waals surface area contributed by atoms with E-state index in [4.69, 9.17) is 4.74 Å². The molecule has 0 fully saturated rings. The Hall–Kier alpha value is -2.40. The summed E-state index contributed by atoms with van der Waals surface area (Å²) in [7, 11) is 0. The van der Waals surface area contributed by atoms with Gasteiger partial charge in [0.25, 0.3) is 5.91 Å². The molecular weight excluding hydrogens is 380 g/mol. The van der Waals surface area contributed by atoms with E-state index in [0.717, 1.165) is 33.9 Å². The van der Waals surface area contributed by atoms with Gasteiger partial charge in [-0.05, 0) is 30.7 Å². The van der Waals surface area contributed by atoms with Crippen molar-refractivity contribution < 1.29 is 9.53 Å². The summed E-state index contributed by atoms with van der Waals surface area (Å²) in [5.74, 6) is 0.295. The summed E-state index contributed by atoms with van der Waals surface area (Å²) in [6, 6.07) is 16.8. The van der Waals surface area contributed by atoms with E-state index < -0.39 is 0 Å². The van der Waals surface area contributed by atoms with E-state index in [1.165, 1.54) is 0 Å². The number of pyridine rings is 1. The lowest BCUT2D eigenvalue weighted by Gasteiger charge is -2.11. The van der Waals surface area contributed by atoms with Crippen LogP contribution in [-0.2, 0) is 0 Å². The first kappa shape index (κ1) is 17.4. The first-order chi connectivity index (χ1) is 12.2. The molecule has 0 aliphatic carbocycles. The standard InChI is InChI=1S/C20H19BrN2O2/c1-2-3-11-25-19-13-17(16-9-4-5-10-18(16)23-19)20(24)22-15-8-6-7-14(21)12-15/h4-10,12-13H,2-3,11H2,1H3,(H,22,24). The third-order valence-corrected chi connectivity index (χ3v) is 4.26. The molecule has 2 aromatic carbocycles. The number of hydrogen-bond donors (Lipinski definition) is 1. The molecule has 5 heteroatoms. The molecule has 0 atom stereocenters. The van der Waals surface area contributed by atoms with E-state index in [0.29, 0.717) is 18.1 Å². The molecule has 128 valence electrons. The van der Waals surface area contributed by atoms with E-state index >= 15 is 0 Å². The van der Waals surface area contributed by atoms with Crippen LogP contribution in [0.1, 0.15) is 30.1 Å². The van der Waals surface area contributed by atoms with Gasteiger partial charge in [0, 0.05) is 21.6 Å². The van der Waals surface area contributed by atoms with E-state index in [2.05, 4.69) is 33.2 Å². The highest BCUT2D eigenvalue weighted by Gasteiger charge is 2.14. The normalized spacial score (nSPS) is 10.6. The van der Waals surface area contributed by atoms with Crippen LogP contribution >= 0.6 is 15.9 Å². The Balaban J connectivity index is 1.93. The third kappa shape index (κ3) is 4.37. The van der Waals surface area contributed by atoms with Crippen molar-refractivity contribution in [2.24, 2.45) is 0 Å². The molecule has 0 radical (unpaired) electrons. The van der Waals surface area contributed by atoms with E-state index in [-0.39, 0.29) is 5.91 Å². The van der Waals surface area contributed by atoms with Crippen LogP contribution in [0.2, 0.25) is 0 Å². The van der Waals surface area contributed by atoms with Gasteiger partial charge in [0.1, 0.15) is 0 Å². The van der Waals surface area contributed by atoms with Crippen LogP contribution in [0, 0.1) is 0 Å². The predicted octanol–water partition coefficient (Wildman–Crippen LogP) is 5.43. The Morgan fingerprint density at radius 1 is 1.16 bits per heavy atom. The third-order valence-electron chi connectivity index (χ3n) is 3.77. The van der Waals surface area contributed by atoms with Crippen LogP contribution in [-0.4, -0.2) is 17.5 Å². The van der Waals surface area contributed by atoms with Crippen LogP contribution in [0.3, 0.4) is 0 Å². The molecule has 0 saturated carbocycles. The second-order valence-electron chi connectivity index (χ2n) is 5.69. The summed E-state index contributed by atoms with van der Waals surface area (Å²) in [5, 5.41) is 3.74. The smallest absolute Gasteiger partial charge is 0.256 e. The molecule has 0 aliphatic rings. The first-order valence-electron chi connectivity index (χ1n) is 8.27. The number of halogens is 1. The quantitative estimate of drug-likeness (QED) is 0.563. The molecule has 0 bridgehead atoms. The molecule has 0 saturated heterocycles. The fourth-order valence-electron chi connectivity index (χ4n) is 2.50. The average Bonchev–Trinajstić information content (AvgIpc) is 2.61. The highest BCUT2D eigenvalue weighted by Crippen LogP contribution is 2.24. The van der Waals surface area contributed by atoms with Gasteiger partial charge in [-0.3, -0.25) is 4.79 Å². The second kappa shape index (κ2) is 8.12. The lowest BCUT2D eigenvalue weighted by atomic mass is 10.1. The molecule has 1 amide bonds. The molecule has 1 heterocycles. The zero-order valence-corrected chi connectivity index (χ0v) is 15.5. The number of unbranched alkanes of at least 4 members (excludes halogenated alkanes) is 1. The molecular formula is C20H19BrN2O2. The molecule has 0 aliphatic heterocycles. The monoisotopic (exact) mass is 398 g/mol. The molecule has 4 nitrogen and oxygen atoms in total. The highest BCUT2D eigenvalue weighted by molar-refractivity contribution is 9.10. The molecule has 1 N–H and O–H groups in total. The minimum absolute atomic E-state index is 0.183. The Morgan fingerprint density at radius 2 is 2.00 bits per heavy atom. The molecule has 25 heavy (non-hydrogen) atoms. The van der Waals surface area contributed by atoms with Crippen molar-refractivity contribution in [1.29, 1.82) is 0 Å². The number of hydrogen-bond acceptors (Lipinski definition) is 3. The van der Waals surface area contributed by atoms with E-state index in [1.807, 2.05) is 48.5 Å². The van der Waals surface area contributed by atoms with Crippen molar-refractivity contribution in [1.82, 2.24) is 4.98 Å². The number of anilines is 1. The van der Waals surface area contributed by atoms with Crippen molar-refractivity contribution in [2.45, 2.75) is 19.8 Å². The fraction of sp³-hybridized carbons (Fsp3) is 0.200. The maximum atomic E-state index is 12.8. The maximum absolute atomic E-state index is 12.8. The van der Waals surface area contributed by atoms with Crippen LogP contribution in [0.25, 0.3) is 10.9 Å². The number of nitrogens with one attached hydrogen (secondary N) is 1. The summed E-state index contributed by atoms with van der Waals surface area (Å²) in [5.41, 5.74) is 2.03. The lowest BCUT2D eigenvalue weighted by Crippen LogP contribution is -2.13. The number of fused-ring (bicyclic) bond motifs is 1. The van der Waals surface area contributed by atoms with Crippen LogP contribution < -0.4 is 10.1 Å². The maximum Gasteiger partial charge on any atom is 0.256 e. The summed E-state index contributed by atoms with van der Waals surface area (Å²) in [4.78, 5) is 17.3. The number of carbonyl (C=O) groups excluding carboxylic acids is 1. The van der Waals surface area contributed by atoms with Gasteiger partial charge in [0.2, 0.25) is 5.88 Å². The number of aromatic nitrogens is 1. The minimum Gasteiger partial charge on any atom is -0.478 e. The van der Waals surface area contributed by atoms with Gasteiger partial charge in [-0.1, -0.05) is 53.5 Å². The summed E-state index contributed by atoms with van der Waals surface area (Å²) >= 11 is 3.41. The van der Waals surface area contributed by atoms with Gasteiger partial charge in [-0.2, -0.15) is 0 Å². The molecule has 1 aromatic heterocycles. The lowest BCUT2D eigenvalue weighted by molar-refractivity contribution is 0.102. The number of nitrogens with zero attached hydrogens (tertiary/aromatic N) is 1. The molecule has 3 rings (SSSR count). The average molecular weight is 399 g/mol. The van der Waals surface area contributed by atoms with Crippen molar-refractivity contribution in [3.63, 3.8) is 0 Å². The largest absolute Gasteiger partial charge is 0.478 e. The zero-order valence-electron chi connectivity index (χ0n) is 14.0. The van der Waals surface area contributed by atoms with Gasteiger partial charge in [-0.25, -0.2) is 4.98 Å². The Labute approximate surface area is 155 Å². The summed E-state index contributed by atoms with van der Waals surface area (Å²) in [6.07, 6.45) is 2.00. The number of rotatable bonds is 6. The van der Waals surface area contributed by atoms with Crippen LogP contribution in [0.4, 0.5) is 5.69 Å². The number of carbonyl (C=O) groups is 1. The summed E-state index contributed by atoms with van der Waals surface area (Å²) < 4.78 is 6.63. The van der Waals surface area contributed by atoms with Gasteiger partial charge in [-0.15, -0.1) is 0 Å². The Morgan fingerprint density at radius 3 is 2.80 bits per heavy atom. The van der Waals surface area contributed by atoms with Gasteiger partial charge < -0.3 is 10.1 Å². The second-order valence-corrected chi connectivity index (χ2v) is 6.61. The van der Waals surface area contributed by atoms with Crippen molar-refractivity contribution >= 4 is 38.4 Å². The SMILES string of the molecule is CCCCOc1cc(C(=O)Nc2cccc(Br)c2)c2ccccc2n1. The predicted molar refractivity (Wildman–Crippen MR) is 104 cm³/mol. The highest BCUT2D eigenvalue weighted by atomic mass is 79.9. The van der Waals surface area contributed by atoms with Crippen LogP contribution in [0.15, 0.2) is 59.1 Å². The molecule has 0 unspecified atom stereocenters. The number of ether oxygens (including phenoxy) is 1. The van der Waals surface area contributed by atoms with Gasteiger partial charge >= 0.3 is 0 Å². The number of para-hydroxylation sites is 1. The topological polar surface area (TPSA) is 51.2 Å². The Kier molecular flexibility index (Phi) is 5.66. The number of benzene rings is 2. The zero-order chi connectivity index (χ0) is 17.6. The van der Waals surface area contributed by atoms with Crippen LogP contribution in [0.5, 0.6) is 5.88 Å². The molecule has 0 spiro atoms. The fourth-order valence-corrected chi connectivity index (χ4v) is 2.90. The molecule has 3 aromatic rings. The van der Waals surface area contributed by atoms with E-state index in [1.54, 1.807) is 6.07 Å². The van der Waals surface area contributed by atoms with Crippen molar-refractivity contribution in [2.75, 3.05) is 11.9 Å². The van der Waals surface area contributed by atoms with E-state index in [9.17, 15) is 4.79 Å². The summed E-state index contributed by atoms with van der Waals surface area (Å²) in [6.45, 7) is 2.70. The van der Waals surface area contributed by atoms with Crippen molar-refractivity contribution in [3.05, 3.63) is 64.6 Å². The number of amides is 1. The van der Waals surface area contributed by atoms with Crippen molar-refractivity contribution in [3.8, 4) is 5.88 Å².